The van der Waals surface area contributed by atoms with Gasteiger partial charge in [-0.3, -0.25) is 14.6 Å². The number of ether oxygens (including phenoxy) is 3. The summed E-state index contributed by atoms with van der Waals surface area (Å²) in [5, 5.41) is 12.5. The molecule has 1 amide bonds. The van der Waals surface area contributed by atoms with Crippen LogP contribution in [0.4, 0.5) is 14.5 Å². The molecule has 0 aliphatic rings. The number of methoxy groups -OCH3 is 2. The first kappa shape index (κ1) is 29.1. The first-order chi connectivity index (χ1) is 20.8. The second-order valence-corrected chi connectivity index (χ2v) is 9.22. The molecule has 2 N–H and O–H groups in total. The standard InChI is InChI=1S/C31H26F2N4O6/c1-4-37-15-20(29(39)27(23(37)16-38)17-5-7-18(32)8-6-17)30(40)35-19-9-10-24(21(33)13-19)43-25-11-12-34-22-14-26(41-2)31(42-3)36-28(22)25/h5-15,38H,4,16H2,1-3H3,(H,35,40). The van der Waals surface area contributed by atoms with Crippen molar-refractivity contribution < 1.29 is 32.9 Å². The number of benzene rings is 2. The minimum Gasteiger partial charge on any atom is -0.491 e. The van der Waals surface area contributed by atoms with Crippen LogP contribution >= 0.6 is 0 Å². The molecule has 5 rings (SSSR count). The molecule has 0 saturated carbocycles. The summed E-state index contributed by atoms with van der Waals surface area (Å²) >= 11 is 0. The molecule has 0 fully saturated rings. The summed E-state index contributed by atoms with van der Waals surface area (Å²) < 4.78 is 46.6. The molecule has 2 aromatic carbocycles. The molecule has 0 saturated heterocycles. The van der Waals surface area contributed by atoms with E-state index in [4.69, 9.17) is 14.2 Å². The van der Waals surface area contributed by atoms with Crippen molar-refractivity contribution in [2.75, 3.05) is 19.5 Å². The van der Waals surface area contributed by atoms with Crippen LogP contribution in [0.25, 0.3) is 22.2 Å². The number of carbonyl (C=O) groups excluding carboxylic acids is 1. The zero-order chi connectivity index (χ0) is 30.7. The van der Waals surface area contributed by atoms with Crippen molar-refractivity contribution in [3.8, 4) is 34.3 Å². The third-order valence-corrected chi connectivity index (χ3v) is 6.69. The number of anilines is 1. The number of nitrogens with zero attached hydrogens (tertiary/aromatic N) is 3. The molecule has 0 bridgehead atoms. The zero-order valence-electron chi connectivity index (χ0n) is 23.4. The van der Waals surface area contributed by atoms with Crippen LogP contribution < -0.4 is 25.0 Å². The predicted molar refractivity (Wildman–Crippen MR) is 155 cm³/mol. The van der Waals surface area contributed by atoms with Crippen LogP contribution in [0.2, 0.25) is 0 Å². The molecule has 43 heavy (non-hydrogen) atoms. The molecule has 0 aliphatic heterocycles. The van der Waals surface area contributed by atoms with Crippen molar-refractivity contribution in [3.05, 3.63) is 100 Å². The number of aryl methyl sites for hydroxylation is 1. The van der Waals surface area contributed by atoms with Gasteiger partial charge in [-0.15, -0.1) is 0 Å². The van der Waals surface area contributed by atoms with Gasteiger partial charge in [-0.2, -0.15) is 0 Å². The highest BCUT2D eigenvalue weighted by molar-refractivity contribution is 6.04. The minimum atomic E-state index is -0.795. The van der Waals surface area contributed by atoms with Gasteiger partial charge in [0, 0.05) is 42.8 Å². The molecule has 10 nitrogen and oxygen atoms in total. The number of fused-ring (bicyclic) bond motifs is 1. The van der Waals surface area contributed by atoms with Gasteiger partial charge < -0.3 is 29.2 Å². The number of rotatable bonds is 9. The molecule has 5 aromatic rings. The summed E-state index contributed by atoms with van der Waals surface area (Å²) in [6.07, 6.45) is 2.80. The maximum atomic E-state index is 15.2. The highest BCUT2D eigenvalue weighted by Crippen LogP contribution is 2.35. The van der Waals surface area contributed by atoms with Crippen LogP contribution in [0, 0.1) is 11.6 Å². The third-order valence-electron chi connectivity index (χ3n) is 6.69. The van der Waals surface area contributed by atoms with Crippen LogP contribution in [0.15, 0.2) is 71.8 Å². The Morgan fingerprint density at radius 2 is 1.77 bits per heavy atom. The zero-order valence-corrected chi connectivity index (χ0v) is 23.4. The minimum absolute atomic E-state index is 0.0657. The van der Waals surface area contributed by atoms with Crippen LogP contribution in [-0.2, 0) is 13.2 Å². The van der Waals surface area contributed by atoms with Crippen molar-refractivity contribution in [1.82, 2.24) is 14.5 Å². The Morgan fingerprint density at radius 1 is 1.00 bits per heavy atom. The van der Waals surface area contributed by atoms with Crippen molar-refractivity contribution >= 4 is 22.6 Å². The maximum absolute atomic E-state index is 15.2. The molecule has 220 valence electrons. The molecular formula is C31H26F2N4O6. The fourth-order valence-electron chi connectivity index (χ4n) is 4.59. The lowest BCUT2D eigenvalue weighted by Gasteiger charge is -2.17. The summed E-state index contributed by atoms with van der Waals surface area (Å²) in [7, 11) is 2.90. The van der Waals surface area contributed by atoms with E-state index in [9.17, 15) is 19.1 Å². The smallest absolute Gasteiger partial charge is 0.261 e. The second-order valence-electron chi connectivity index (χ2n) is 9.22. The second kappa shape index (κ2) is 12.2. The fourth-order valence-corrected chi connectivity index (χ4v) is 4.59. The van der Waals surface area contributed by atoms with E-state index in [0.29, 0.717) is 28.9 Å². The Bertz CT molecular complexity index is 1890. The Hall–Kier alpha value is -5.36. The van der Waals surface area contributed by atoms with E-state index < -0.39 is 29.6 Å². The number of aromatic nitrogens is 3. The van der Waals surface area contributed by atoms with E-state index in [1.165, 1.54) is 69.1 Å². The summed E-state index contributed by atoms with van der Waals surface area (Å²) in [6.45, 7) is 1.64. The van der Waals surface area contributed by atoms with E-state index >= 15 is 4.39 Å². The molecule has 0 radical (unpaired) electrons. The number of pyridine rings is 3. The lowest BCUT2D eigenvalue weighted by atomic mass is 10.0. The van der Waals surface area contributed by atoms with E-state index in [0.717, 1.165) is 6.07 Å². The molecule has 0 unspecified atom stereocenters. The van der Waals surface area contributed by atoms with Crippen molar-refractivity contribution in [1.29, 1.82) is 0 Å². The molecule has 3 heterocycles. The lowest BCUT2D eigenvalue weighted by molar-refractivity contribution is 0.102. The van der Waals surface area contributed by atoms with Gasteiger partial charge in [0.25, 0.3) is 11.8 Å². The van der Waals surface area contributed by atoms with E-state index in [1.54, 1.807) is 17.6 Å². The number of hydrogen-bond acceptors (Lipinski definition) is 8. The molecule has 0 spiro atoms. The average molecular weight is 589 g/mol. The lowest BCUT2D eigenvalue weighted by Crippen LogP contribution is -2.27. The van der Waals surface area contributed by atoms with Gasteiger partial charge in [0.2, 0.25) is 5.43 Å². The van der Waals surface area contributed by atoms with E-state index in [-0.39, 0.29) is 39.9 Å². The molecule has 12 heteroatoms. The third kappa shape index (κ3) is 5.72. The summed E-state index contributed by atoms with van der Waals surface area (Å²) in [4.78, 5) is 35.3. The first-order valence-electron chi connectivity index (χ1n) is 13.1. The van der Waals surface area contributed by atoms with Crippen LogP contribution in [-0.4, -0.2) is 39.8 Å². The Labute approximate surface area is 244 Å². The quantitative estimate of drug-likeness (QED) is 0.237. The van der Waals surface area contributed by atoms with Gasteiger partial charge >= 0.3 is 0 Å². The summed E-state index contributed by atoms with van der Waals surface area (Å²) in [5.74, 6) is -1.46. The number of carbonyl (C=O) groups is 1. The average Bonchev–Trinajstić information content (AvgIpc) is 3.01. The van der Waals surface area contributed by atoms with Crippen molar-refractivity contribution in [2.24, 2.45) is 0 Å². The largest absolute Gasteiger partial charge is 0.491 e. The number of halogens is 2. The Balaban J connectivity index is 1.44. The summed E-state index contributed by atoms with van der Waals surface area (Å²) in [5.41, 5.74) is 0.596. The predicted octanol–water partition coefficient (Wildman–Crippen LogP) is 5.31. The van der Waals surface area contributed by atoms with Crippen LogP contribution in [0.1, 0.15) is 23.0 Å². The molecule has 0 aliphatic carbocycles. The van der Waals surface area contributed by atoms with Crippen LogP contribution in [0.3, 0.4) is 0 Å². The molecule has 0 atom stereocenters. The Morgan fingerprint density at radius 3 is 2.42 bits per heavy atom. The molecule has 3 aromatic heterocycles. The van der Waals surface area contributed by atoms with Gasteiger partial charge in [0.05, 0.1) is 37.6 Å². The van der Waals surface area contributed by atoms with Gasteiger partial charge in [-0.1, -0.05) is 12.1 Å². The number of amides is 1. The number of aliphatic hydroxyl groups is 1. The SMILES string of the molecule is CCn1cc(C(=O)Nc2ccc(Oc3ccnc4cc(OC)c(OC)nc34)c(F)c2)c(=O)c(-c2ccc(F)cc2)c1CO. The van der Waals surface area contributed by atoms with Crippen molar-refractivity contribution in [2.45, 2.75) is 20.1 Å². The highest BCUT2D eigenvalue weighted by atomic mass is 19.1. The highest BCUT2D eigenvalue weighted by Gasteiger charge is 2.21. The topological polar surface area (TPSA) is 125 Å². The molecular weight excluding hydrogens is 562 g/mol. The number of nitrogens with one attached hydrogen (secondary N) is 1. The van der Waals surface area contributed by atoms with Crippen LogP contribution in [0.5, 0.6) is 23.1 Å². The number of aliphatic hydroxyl groups excluding tert-OH is 1. The fraction of sp³-hybridized carbons (Fsp3) is 0.161. The van der Waals surface area contributed by atoms with Gasteiger partial charge in [-0.05, 0) is 36.8 Å². The van der Waals surface area contributed by atoms with Crippen molar-refractivity contribution in [3.63, 3.8) is 0 Å². The Kier molecular flexibility index (Phi) is 8.30. The van der Waals surface area contributed by atoms with Gasteiger partial charge in [0.1, 0.15) is 16.9 Å². The normalized spacial score (nSPS) is 10.9. The van der Waals surface area contributed by atoms with E-state index in [1.807, 2.05) is 0 Å². The van der Waals surface area contributed by atoms with E-state index in [2.05, 4.69) is 15.3 Å². The van der Waals surface area contributed by atoms with Gasteiger partial charge in [-0.25, -0.2) is 13.8 Å². The maximum Gasteiger partial charge on any atom is 0.261 e. The first-order valence-corrected chi connectivity index (χ1v) is 13.1. The monoisotopic (exact) mass is 588 g/mol. The summed E-state index contributed by atoms with van der Waals surface area (Å²) in [6, 6.07) is 12.1. The van der Waals surface area contributed by atoms with Gasteiger partial charge in [0.15, 0.2) is 23.1 Å². The number of hydrogen-bond donors (Lipinski definition) is 2.